The van der Waals surface area contributed by atoms with Gasteiger partial charge < -0.3 is 15.4 Å². The fourth-order valence-corrected chi connectivity index (χ4v) is 2.35. The molecule has 0 aliphatic rings. The number of hydrogen-bond donors (Lipinski definition) is 2. The minimum absolute atomic E-state index is 0.116. The highest BCUT2D eigenvalue weighted by Crippen LogP contribution is 2.12. The molecule has 134 valence electrons. The highest BCUT2D eigenvalue weighted by Gasteiger charge is 2.17. The Morgan fingerprint density at radius 1 is 1.28 bits per heavy atom. The quantitative estimate of drug-likeness (QED) is 0.750. The van der Waals surface area contributed by atoms with Gasteiger partial charge in [0.1, 0.15) is 5.82 Å². The Bertz CT molecular complexity index is 715. The van der Waals surface area contributed by atoms with Crippen LogP contribution >= 0.6 is 0 Å². The van der Waals surface area contributed by atoms with E-state index in [0.29, 0.717) is 12.2 Å². The van der Waals surface area contributed by atoms with Crippen LogP contribution in [0.5, 0.6) is 0 Å². The van der Waals surface area contributed by atoms with Crippen LogP contribution in [0.15, 0.2) is 36.5 Å². The van der Waals surface area contributed by atoms with Crippen molar-refractivity contribution in [2.24, 2.45) is 7.05 Å². The van der Waals surface area contributed by atoms with Crippen LogP contribution in [0.2, 0.25) is 0 Å². The van der Waals surface area contributed by atoms with Crippen molar-refractivity contribution in [2.75, 3.05) is 20.3 Å². The maximum absolute atomic E-state index is 12.8. The molecule has 0 aliphatic heterocycles. The fourth-order valence-electron chi connectivity index (χ4n) is 2.35. The van der Waals surface area contributed by atoms with Crippen molar-refractivity contribution in [2.45, 2.75) is 12.5 Å². The van der Waals surface area contributed by atoms with Crippen LogP contribution in [0.1, 0.15) is 28.5 Å². The Balaban J connectivity index is 1.82. The fraction of sp³-hybridized carbons (Fsp3) is 0.353. The number of rotatable bonds is 8. The lowest BCUT2D eigenvalue weighted by Gasteiger charge is -2.18. The van der Waals surface area contributed by atoms with Crippen molar-refractivity contribution in [1.29, 1.82) is 0 Å². The standard InChI is InChI=1S/C17H21FN4O3/c1-22-15(7-10-20-22)14(11-25-2)21-16(23)8-9-19-17(24)12-3-5-13(18)6-4-12/h3-7,10,14H,8-9,11H2,1-2H3,(H,19,24)(H,21,23)/t14-/m1/s1. The van der Waals surface area contributed by atoms with Gasteiger partial charge in [0.05, 0.1) is 18.3 Å². The Morgan fingerprint density at radius 2 is 2.00 bits per heavy atom. The molecule has 1 aromatic carbocycles. The number of amides is 2. The molecule has 0 unspecified atom stereocenters. The predicted molar refractivity (Wildman–Crippen MR) is 89.3 cm³/mol. The van der Waals surface area contributed by atoms with Crippen LogP contribution in [-0.4, -0.2) is 41.9 Å². The molecule has 0 bridgehead atoms. The summed E-state index contributed by atoms with van der Waals surface area (Å²) in [5.74, 6) is -0.981. The largest absolute Gasteiger partial charge is 0.382 e. The number of carbonyl (C=O) groups is 2. The summed E-state index contributed by atoms with van der Waals surface area (Å²) in [6, 6.07) is 6.69. The van der Waals surface area contributed by atoms with E-state index in [1.54, 1.807) is 31.1 Å². The predicted octanol–water partition coefficient (Wildman–Crippen LogP) is 1.18. The van der Waals surface area contributed by atoms with Crippen LogP contribution in [-0.2, 0) is 16.6 Å². The number of hydrogen-bond acceptors (Lipinski definition) is 4. The van der Waals surface area contributed by atoms with E-state index in [1.165, 1.54) is 24.3 Å². The van der Waals surface area contributed by atoms with Crippen molar-refractivity contribution < 1.29 is 18.7 Å². The van der Waals surface area contributed by atoms with E-state index in [2.05, 4.69) is 15.7 Å². The molecule has 0 saturated heterocycles. The van der Waals surface area contributed by atoms with E-state index >= 15 is 0 Å². The lowest BCUT2D eigenvalue weighted by atomic mass is 10.2. The smallest absolute Gasteiger partial charge is 0.251 e. The highest BCUT2D eigenvalue weighted by molar-refractivity contribution is 5.94. The Morgan fingerprint density at radius 3 is 2.60 bits per heavy atom. The van der Waals surface area contributed by atoms with Crippen LogP contribution < -0.4 is 10.6 Å². The average molecular weight is 348 g/mol. The molecule has 2 aromatic rings. The molecular formula is C17H21FN4O3. The molecule has 25 heavy (non-hydrogen) atoms. The number of ether oxygens (including phenoxy) is 1. The van der Waals surface area contributed by atoms with E-state index in [1.807, 2.05) is 0 Å². The zero-order valence-electron chi connectivity index (χ0n) is 14.2. The number of methoxy groups -OCH3 is 1. The molecule has 1 heterocycles. The normalized spacial score (nSPS) is 11.8. The summed E-state index contributed by atoms with van der Waals surface area (Å²) in [4.78, 5) is 24.0. The van der Waals surface area contributed by atoms with Gasteiger partial charge in [-0.15, -0.1) is 0 Å². The zero-order valence-corrected chi connectivity index (χ0v) is 14.2. The van der Waals surface area contributed by atoms with Gasteiger partial charge in [0, 0.05) is 38.9 Å². The first-order valence-corrected chi connectivity index (χ1v) is 7.81. The summed E-state index contributed by atoms with van der Waals surface area (Å²) < 4.78 is 19.6. The number of aromatic nitrogens is 2. The minimum atomic E-state index is -0.407. The summed E-state index contributed by atoms with van der Waals surface area (Å²) >= 11 is 0. The molecule has 1 atom stereocenters. The number of nitrogens with one attached hydrogen (secondary N) is 2. The second-order valence-corrected chi connectivity index (χ2v) is 5.47. The molecule has 0 aliphatic carbocycles. The van der Waals surface area contributed by atoms with Gasteiger partial charge >= 0.3 is 0 Å². The molecule has 2 N–H and O–H groups in total. The van der Waals surface area contributed by atoms with Gasteiger partial charge in [-0.1, -0.05) is 0 Å². The van der Waals surface area contributed by atoms with Gasteiger partial charge in [-0.3, -0.25) is 14.3 Å². The number of nitrogens with zero attached hydrogens (tertiary/aromatic N) is 2. The van der Waals surface area contributed by atoms with Gasteiger partial charge in [-0.25, -0.2) is 4.39 Å². The molecular weight excluding hydrogens is 327 g/mol. The van der Waals surface area contributed by atoms with E-state index in [4.69, 9.17) is 4.74 Å². The van der Waals surface area contributed by atoms with Crippen LogP contribution in [0.3, 0.4) is 0 Å². The first-order valence-electron chi connectivity index (χ1n) is 7.81. The van der Waals surface area contributed by atoms with Crippen molar-refractivity contribution in [3.8, 4) is 0 Å². The highest BCUT2D eigenvalue weighted by atomic mass is 19.1. The van der Waals surface area contributed by atoms with Crippen molar-refractivity contribution in [3.63, 3.8) is 0 Å². The van der Waals surface area contributed by atoms with Crippen LogP contribution in [0.25, 0.3) is 0 Å². The van der Waals surface area contributed by atoms with E-state index < -0.39 is 5.82 Å². The van der Waals surface area contributed by atoms with E-state index in [0.717, 1.165) is 5.69 Å². The van der Waals surface area contributed by atoms with Crippen molar-refractivity contribution >= 4 is 11.8 Å². The number of carbonyl (C=O) groups excluding carboxylic acids is 2. The second kappa shape index (κ2) is 8.93. The zero-order chi connectivity index (χ0) is 18.2. The SMILES string of the molecule is COC[C@@H](NC(=O)CCNC(=O)c1ccc(F)cc1)c1ccnn1C. The Hall–Kier alpha value is -2.74. The van der Waals surface area contributed by atoms with Crippen molar-refractivity contribution in [3.05, 3.63) is 53.6 Å². The van der Waals surface area contributed by atoms with E-state index in [-0.39, 0.29) is 30.8 Å². The summed E-state index contributed by atoms with van der Waals surface area (Å²) in [5.41, 5.74) is 1.17. The lowest BCUT2D eigenvalue weighted by Crippen LogP contribution is -2.35. The van der Waals surface area contributed by atoms with Crippen LogP contribution in [0, 0.1) is 5.82 Å². The lowest BCUT2D eigenvalue weighted by molar-refractivity contribution is -0.122. The molecule has 0 radical (unpaired) electrons. The number of aryl methyl sites for hydroxylation is 1. The second-order valence-electron chi connectivity index (χ2n) is 5.47. The van der Waals surface area contributed by atoms with Gasteiger partial charge in [0.25, 0.3) is 5.91 Å². The maximum atomic E-state index is 12.8. The number of benzene rings is 1. The summed E-state index contributed by atoms with van der Waals surface area (Å²) in [6.07, 6.45) is 1.76. The molecule has 2 rings (SSSR count). The van der Waals surface area contributed by atoms with Gasteiger partial charge in [0.15, 0.2) is 0 Å². The molecule has 8 heteroatoms. The molecule has 1 aromatic heterocycles. The first kappa shape index (κ1) is 18.6. The molecule has 7 nitrogen and oxygen atoms in total. The third-order valence-electron chi connectivity index (χ3n) is 3.63. The Kier molecular flexibility index (Phi) is 6.64. The topological polar surface area (TPSA) is 85.2 Å². The molecule has 0 spiro atoms. The summed E-state index contributed by atoms with van der Waals surface area (Å²) in [7, 11) is 3.34. The van der Waals surface area contributed by atoms with E-state index in [9.17, 15) is 14.0 Å². The van der Waals surface area contributed by atoms with Crippen LogP contribution in [0.4, 0.5) is 4.39 Å². The van der Waals surface area contributed by atoms with Gasteiger partial charge in [-0.05, 0) is 30.3 Å². The number of halogens is 1. The maximum Gasteiger partial charge on any atom is 0.251 e. The Labute approximate surface area is 145 Å². The monoisotopic (exact) mass is 348 g/mol. The third kappa shape index (κ3) is 5.39. The molecule has 0 fully saturated rings. The third-order valence-corrected chi connectivity index (χ3v) is 3.63. The van der Waals surface area contributed by atoms with Gasteiger partial charge in [0.2, 0.25) is 5.91 Å². The average Bonchev–Trinajstić information content (AvgIpc) is 3.01. The summed E-state index contributed by atoms with van der Waals surface area (Å²) in [5, 5.41) is 9.56. The molecule has 0 saturated carbocycles. The molecule has 2 amide bonds. The minimum Gasteiger partial charge on any atom is -0.382 e. The first-order chi connectivity index (χ1) is 12.0. The van der Waals surface area contributed by atoms with Crippen molar-refractivity contribution in [1.82, 2.24) is 20.4 Å². The summed E-state index contributed by atoms with van der Waals surface area (Å²) in [6.45, 7) is 0.486. The van der Waals surface area contributed by atoms with Gasteiger partial charge in [-0.2, -0.15) is 5.10 Å².